The molecule has 0 aliphatic rings. The highest BCUT2D eigenvalue weighted by Gasteiger charge is 2.14. The smallest absolute Gasteiger partial charge is 0.166 e. The molecule has 0 saturated heterocycles. The van der Waals surface area contributed by atoms with Crippen molar-refractivity contribution in [1.82, 2.24) is 15.2 Å². The highest BCUT2D eigenvalue weighted by atomic mass is 127. The number of aromatic nitrogens is 3. The van der Waals surface area contributed by atoms with Crippen molar-refractivity contribution < 1.29 is 4.74 Å². The highest BCUT2D eigenvalue weighted by Crippen LogP contribution is 2.36. The monoisotopic (exact) mass is 412 g/mol. The lowest BCUT2D eigenvalue weighted by Gasteiger charge is -2.11. The molecule has 1 aromatic carbocycles. The maximum absolute atomic E-state index is 6.01. The second-order valence-electron chi connectivity index (χ2n) is 4.26. The summed E-state index contributed by atoms with van der Waals surface area (Å²) in [6.45, 7) is 0. The standard InChI is InChI=1S/C14H10ClIN4O/c1-21-12-6-8(15)2-3-10(12)13-9-4-5-17-7-11(9)14(18-16)20-19-13/h2-7H,1H3,(H,18,20). The first-order valence-electron chi connectivity index (χ1n) is 6.05. The predicted molar refractivity (Wildman–Crippen MR) is 92.0 cm³/mol. The number of hydrogen-bond acceptors (Lipinski definition) is 5. The first-order valence-corrected chi connectivity index (χ1v) is 7.51. The number of benzene rings is 1. The predicted octanol–water partition coefficient (Wildman–Crippen LogP) is 4.12. The van der Waals surface area contributed by atoms with Crippen LogP contribution in [0.25, 0.3) is 22.0 Å². The Kier molecular flexibility index (Phi) is 4.07. The summed E-state index contributed by atoms with van der Waals surface area (Å²) < 4.78 is 8.39. The van der Waals surface area contributed by atoms with Gasteiger partial charge in [-0.15, -0.1) is 10.2 Å². The summed E-state index contributed by atoms with van der Waals surface area (Å²) in [6.07, 6.45) is 3.49. The van der Waals surface area contributed by atoms with E-state index in [0.29, 0.717) is 16.6 Å². The molecule has 0 radical (unpaired) electrons. The summed E-state index contributed by atoms with van der Waals surface area (Å²) in [7, 11) is 1.60. The number of nitrogens with zero attached hydrogens (tertiary/aromatic N) is 3. The summed E-state index contributed by atoms with van der Waals surface area (Å²) in [5.74, 6) is 1.33. The quantitative estimate of drug-likeness (QED) is 0.518. The molecule has 0 amide bonds. The van der Waals surface area contributed by atoms with Gasteiger partial charge < -0.3 is 8.27 Å². The fourth-order valence-corrected chi connectivity index (χ4v) is 2.69. The molecule has 0 aliphatic heterocycles. The average molecular weight is 413 g/mol. The van der Waals surface area contributed by atoms with E-state index in [0.717, 1.165) is 22.0 Å². The van der Waals surface area contributed by atoms with Gasteiger partial charge in [0, 0.05) is 33.8 Å². The highest BCUT2D eigenvalue weighted by molar-refractivity contribution is 14.1. The Morgan fingerprint density at radius 3 is 2.81 bits per heavy atom. The average Bonchev–Trinajstić information content (AvgIpc) is 2.54. The first-order chi connectivity index (χ1) is 10.2. The molecule has 106 valence electrons. The zero-order valence-corrected chi connectivity index (χ0v) is 13.9. The molecule has 2 aromatic heterocycles. The molecule has 0 atom stereocenters. The van der Waals surface area contributed by atoms with E-state index in [4.69, 9.17) is 16.3 Å². The maximum atomic E-state index is 6.01. The molecule has 7 heteroatoms. The van der Waals surface area contributed by atoms with Crippen molar-refractivity contribution in [3.63, 3.8) is 0 Å². The minimum Gasteiger partial charge on any atom is -0.496 e. The van der Waals surface area contributed by atoms with Crippen LogP contribution >= 0.6 is 34.5 Å². The van der Waals surface area contributed by atoms with Gasteiger partial charge in [0.1, 0.15) is 11.4 Å². The van der Waals surface area contributed by atoms with Crippen LogP contribution in [0.1, 0.15) is 0 Å². The van der Waals surface area contributed by atoms with Gasteiger partial charge in [-0.3, -0.25) is 4.98 Å². The molecule has 5 nitrogen and oxygen atoms in total. The lowest BCUT2D eigenvalue weighted by molar-refractivity contribution is 0.416. The topological polar surface area (TPSA) is 59.9 Å². The Labute approximate surface area is 140 Å². The van der Waals surface area contributed by atoms with Crippen LogP contribution in [0, 0.1) is 0 Å². The van der Waals surface area contributed by atoms with E-state index in [1.54, 1.807) is 31.6 Å². The SMILES string of the molecule is COc1cc(Cl)ccc1-c1nnc(NI)c2cnccc12. The third kappa shape index (κ3) is 2.60. The van der Waals surface area contributed by atoms with E-state index in [9.17, 15) is 0 Å². The summed E-state index contributed by atoms with van der Waals surface area (Å²) in [6, 6.07) is 7.35. The second kappa shape index (κ2) is 5.98. The normalized spacial score (nSPS) is 10.6. The summed E-state index contributed by atoms with van der Waals surface area (Å²) in [5.41, 5.74) is 1.57. The number of ether oxygens (including phenoxy) is 1. The van der Waals surface area contributed by atoms with Gasteiger partial charge in [-0.25, -0.2) is 0 Å². The van der Waals surface area contributed by atoms with Crippen LogP contribution in [0.4, 0.5) is 5.82 Å². The Hall–Kier alpha value is -1.67. The van der Waals surface area contributed by atoms with Gasteiger partial charge in [-0.05, 0) is 24.3 Å². The van der Waals surface area contributed by atoms with E-state index < -0.39 is 0 Å². The Morgan fingerprint density at radius 1 is 1.19 bits per heavy atom. The van der Waals surface area contributed by atoms with E-state index in [-0.39, 0.29) is 0 Å². The summed E-state index contributed by atoms with van der Waals surface area (Å²) >= 11 is 8.04. The Balaban J connectivity index is 2.31. The molecule has 0 spiro atoms. The molecule has 0 fully saturated rings. The summed E-state index contributed by atoms with van der Waals surface area (Å²) in [4.78, 5) is 4.15. The van der Waals surface area contributed by atoms with Crippen LogP contribution in [0.15, 0.2) is 36.7 Å². The van der Waals surface area contributed by atoms with Crippen molar-refractivity contribution in [3.8, 4) is 17.0 Å². The van der Waals surface area contributed by atoms with Crippen molar-refractivity contribution in [1.29, 1.82) is 0 Å². The Bertz CT molecular complexity index is 812. The molecule has 0 bridgehead atoms. The molecule has 2 heterocycles. The number of methoxy groups -OCH3 is 1. The van der Waals surface area contributed by atoms with Gasteiger partial charge in [0.15, 0.2) is 5.82 Å². The van der Waals surface area contributed by atoms with Crippen LogP contribution in [0.5, 0.6) is 5.75 Å². The van der Waals surface area contributed by atoms with Crippen molar-refractivity contribution >= 4 is 51.1 Å². The zero-order valence-electron chi connectivity index (χ0n) is 11.0. The fraction of sp³-hybridized carbons (Fsp3) is 0.0714. The molecular weight excluding hydrogens is 403 g/mol. The van der Waals surface area contributed by atoms with Crippen molar-refractivity contribution in [2.24, 2.45) is 0 Å². The van der Waals surface area contributed by atoms with Crippen molar-refractivity contribution in [2.75, 3.05) is 10.6 Å². The van der Waals surface area contributed by atoms with Crippen LogP contribution in [-0.4, -0.2) is 22.3 Å². The zero-order chi connectivity index (χ0) is 14.8. The van der Waals surface area contributed by atoms with Gasteiger partial charge in [-0.2, -0.15) is 0 Å². The maximum Gasteiger partial charge on any atom is 0.166 e. The van der Waals surface area contributed by atoms with E-state index in [1.165, 1.54) is 0 Å². The number of rotatable bonds is 3. The Morgan fingerprint density at radius 2 is 2.05 bits per heavy atom. The van der Waals surface area contributed by atoms with Crippen molar-refractivity contribution in [2.45, 2.75) is 0 Å². The van der Waals surface area contributed by atoms with E-state index >= 15 is 0 Å². The minimum atomic E-state index is 0.611. The molecule has 21 heavy (non-hydrogen) atoms. The number of hydrogen-bond donors (Lipinski definition) is 1. The van der Waals surface area contributed by atoms with E-state index in [1.807, 2.05) is 35.0 Å². The van der Waals surface area contributed by atoms with Gasteiger partial charge >= 0.3 is 0 Å². The minimum absolute atomic E-state index is 0.611. The van der Waals surface area contributed by atoms with Crippen LogP contribution in [0.3, 0.4) is 0 Å². The third-order valence-corrected chi connectivity index (χ3v) is 3.84. The molecule has 0 aliphatic carbocycles. The summed E-state index contributed by atoms with van der Waals surface area (Å²) in [5, 5.41) is 11.0. The van der Waals surface area contributed by atoms with Gasteiger partial charge in [0.25, 0.3) is 0 Å². The number of anilines is 1. The lowest BCUT2D eigenvalue weighted by Crippen LogP contribution is -1.97. The fourth-order valence-electron chi connectivity index (χ4n) is 2.13. The lowest BCUT2D eigenvalue weighted by atomic mass is 10.1. The largest absolute Gasteiger partial charge is 0.496 e. The third-order valence-electron chi connectivity index (χ3n) is 3.09. The number of pyridine rings is 1. The van der Waals surface area contributed by atoms with Crippen LogP contribution < -0.4 is 8.27 Å². The van der Waals surface area contributed by atoms with E-state index in [2.05, 4.69) is 18.7 Å². The second-order valence-corrected chi connectivity index (χ2v) is 5.23. The molecule has 3 rings (SSSR count). The number of nitrogens with one attached hydrogen (secondary N) is 1. The number of halogens is 2. The molecule has 1 N–H and O–H groups in total. The van der Waals surface area contributed by atoms with Gasteiger partial charge in [0.2, 0.25) is 0 Å². The first kappa shape index (κ1) is 14.3. The van der Waals surface area contributed by atoms with Crippen molar-refractivity contribution in [3.05, 3.63) is 41.7 Å². The molecule has 0 unspecified atom stereocenters. The van der Waals surface area contributed by atoms with Crippen LogP contribution in [0.2, 0.25) is 5.02 Å². The number of fused-ring (bicyclic) bond motifs is 1. The van der Waals surface area contributed by atoms with Gasteiger partial charge in [0.05, 0.1) is 30.0 Å². The molecule has 0 saturated carbocycles. The van der Waals surface area contributed by atoms with Gasteiger partial charge in [-0.1, -0.05) is 11.6 Å². The molecule has 3 aromatic rings. The molecular formula is C14H10ClIN4O. The van der Waals surface area contributed by atoms with Crippen LogP contribution in [-0.2, 0) is 0 Å².